The van der Waals surface area contributed by atoms with E-state index in [4.69, 9.17) is 9.15 Å². The van der Waals surface area contributed by atoms with E-state index in [0.717, 1.165) is 5.39 Å². The van der Waals surface area contributed by atoms with Gasteiger partial charge in [0.2, 0.25) is 0 Å². The van der Waals surface area contributed by atoms with E-state index in [1.165, 1.54) is 18.8 Å². The molecule has 2 aromatic carbocycles. The number of hydroxylamine groups is 2. The van der Waals surface area contributed by atoms with E-state index < -0.39 is 19.6 Å². The summed E-state index contributed by atoms with van der Waals surface area (Å²) in [5.74, 6) is -1.32. The van der Waals surface area contributed by atoms with Gasteiger partial charge in [-0.15, -0.1) is 5.06 Å². The first-order valence-corrected chi connectivity index (χ1v) is 8.91. The Balaban J connectivity index is 2.09. The molecule has 0 spiro atoms. The van der Waals surface area contributed by atoms with Gasteiger partial charge in [0.1, 0.15) is 0 Å². The molecule has 1 aliphatic rings. The topological polar surface area (TPSA) is 76.1 Å². The highest BCUT2D eigenvalue weighted by Gasteiger charge is 2.41. The van der Waals surface area contributed by atoms with Crippen molar-refractivity contribution in [3.63, 3.8) is 0 Å². The molecule has 2 aromatic rings. The molecular formula is C16H17N2O5P. The summed E-state index contributed by atoms with van der Waals surface area (Å²) in [4.78, 5) is 25.4. The second-order valence-corrected chi connectivity index (χ2v) is 7.59. The highest BCUT2D eigenvalue weighted by Crippen LogP contribution is 2.51. The van der Waals surface area contributed by atoms with Gasteiger partial charge in [0.25, 0.3) is 11.8 Å². The molecule has 8 heteroatoms. The summed E-state index contributed by atoms with van der Waals surface area (Å²) in [6, 6.07) is 10.3. The van der Waals surface area contributed by atoms with Gasteiger partial charge in [0.15, 0.2) is 0 Å². The number of nitrogens with zero attached hydrogens (tertiary/aromatic N) is 2. The Hall–Kier alpha value is -2.05. The van der Waals surface area contributed by atoms with Crippen LogP contribution in [0.3, 0.4) is 0 Å². The summed E-state index contributed by atoms with van der Waals surface area (Å²) in [7, 11) is -0.825. The molecule has 0 unspecified atom stereocenters. The van der Waals surface area contributed by atoms with Gasteiger partial charge in [-0.25, -0.2) is 9.24 Å². The third-order valence-corrected chi connectivity index (χ3v) is 5.64. The van der Waals surface area contributed by atoms with Crippen molar-refractivity contribution in [2.75, 3.05) is 20.7 Å². The van der Waals surface area contributed by atoms with Crippen molar-refractivity contribution in [3.05, 3.63) is 47.5 Å². The fourth-order valence-electron chi connectivity index (χ4n) is 2.56. The lowest BCUT2D eigenvalue weighted by Gasteiger charge is -2.30. The first-order chi connectivity index (χ1) is 11.4. The van der Waals surface area contributed by atoms with Gasteiger partial charge in [-0.1, -0.05) is 24.3 Å². The molecule has 1 atom stereocenters. The number of amides is 2. The van der Waals surface area contributed by atoms with Crippen LogP contribution in [-0.4, -0.2) is 42.3 Å². The van der Waals surface area contributed by atoms with Gasteiger partial charge in [-0.2, -0.15) is 4.62 Å². The molecule has 1 aliphatic heterocycles. The Morgan fingerprint density at radius 3 is 2.04 bits per heavy atom. The predicted molar refractivity (Wildman–Crippen MR) is 88.5 cm³/mol. The van der Waals surface area contributed by atoms with Gasteiger partial charge in [0, 0.05) is 5.39 Å². The van der Waals surface area contributed by atoms with Crippen LogP contribution < -0.4 is 0 Å². The molecule has 0 aliphatic carbocycles. The van der Waals surface area contributed by atoms with Crippen LogP contribution >= 0.6 is 7.75 Å². The minimum atomic E-state index is -3.80. The fraction of sp³-hybridized carbons (Fsp3) is 0.250. The van der Waals surface area contributed by atoms with E-state index in [-0.39, 0.29) is 6.61 Å². The largest absolute Gasteiger partial charge is 0.429 e. The highest BCUT2D eigenvalue weighted by molar-refractivity contribution is 7.51. The summed E-state index contributed by atoms with van der Waals surface area (Å²) >= 11 is 0. The standard InChI is InChI=1S/C16H17N2O5P/c1-4-22-24(21,17(2)3)23-18-15(19)12-9-5-7-11-8-6-10-13(14(11)12)16(18)20/h5-10H,4H2,1-3H3/t24-/m0/s1. The highest BCUT2D eigenvalue weighted by atomic mass is 31.2. The van der Waals surface area contributed by atoms with Crippen LogP contribution in [0.15, 0.2) is 36.4 Å². The van der Waals surface area contributed by atoms with E-state index in [0.29, 0.717) is 21.6 Å². The third-order valence-electron chi connectivity index (χ3n) is 3.70. The average Bonchev–Trinajstić information content (AvgIpc) is 2.56. The lowest BCUT2D eigenvalue weighted by molar-refractivity contribution is -0.0349. The van der Waals surface area contributed by atoms with Crippen LogP contribution in [0.2, 0.25) is 0 Å². The Morgan fingerprint density at radius 2 is 1.58 bits per heavy atom. The average molecular weight is 348 g/mol. The number of carbonyl (C=O) groups excluding carboxylic acids is 2. The van der Waals surface area contributed by atoms with E-state index in [2.05, 4.69) is 0 Å². The number of imide groups is 1. The Morgan fingerprint density at radius 1 is 1.04 bits per heavy atom. The Labute approximate surface area is 139 Å². The van der Waals surface area contributed by atoms with Crippen molar-refractivity contribution in [1.29, 1.82) is 0 Å². The normalized spacial score (nSPS) is 16.8. The summed E-state index contributed by atoms with van der Waals surface area (Å²) < 4.78 is 24.4. The second-order valence-electron chi connectivity index (χ2n) is 5.43. The molecule has 2 amide bonds. The Kier molecular flexibility index (Phi) is 4.27. The minimum Gasteiger partial charge on any atom is -0.296 e. The zero-order valence-corrected chi connectivity index (χ0v) is 14.4. The molecule has 0 saturated carbocycles. The second kappa shape index (κ2) is 6.11. The van der Waals surface area contributed by atoms with Crippen molar-refractivity contribution in [3.8, 4) is 0 Å². The number of hydrogen-bond donors (Lipinski definition) is 0. The van der Waals surface area contributed by atoms with Gasteiger partial charge < -0.3 is 0 Å². The maximum absolute atomic E-state index is 12.8. The number of benzene rings is 2. The smallest absolute Gasteiger partial charge is 0.296 e. The summed E-state index contributed by atoms with van der Waals surface area (Å²) in [6.07, 6.45) is 0. The van der Waals surface area contributed by atoms with Crippen molar-refractivity contribution in [1.82, 2.24) is 9.73 Å². The maximum Gasteiger partial charge on any atom is 0.429 e. The molecule has 0 N–H and O–H groups in total. The Bertz CT molecular complexity index is 829. The zero-order valence-electron chi connectivity index (χ0n) is 13.6. The number of carbonyl (C=O) groups is 2. The molecule has 0 saturated heterocycles. The predicted octanol–water partition coefficient (Wildman–Crippen LogP) is 3.07. The molecule has 1 heterocycles. The lowest BCUT2D eigenvalue weighted by Crippen LogP contribution is -2.40. The van der Waals surface area contributed by atoms with Gasteiger partial charge in [-0.3, -0.25) is 14.1 Å². The molecule has 0 aromatic heterocycles. The molecule has 0 radical (unpaired) electrons. The molecule has 7 nitrogen and oxygen atoms in total. The minimum absolute atomic E-state index is 0.109. The zero-order chi connectivity index (χ0) is 17.5. The SMILES string of the molecule is CCO[P@](=O)(ON1C(=O)c2cccc3cccc(c23)C1=O)N(C)C. The van der Waals surface area contributed by atoms with Gasteiger partial charge >= 0.3 is 7.75 Å². The molecular weight excluding hydrogens is 331 g/mol. The molecule has 24 heavy (non-hydrogen) atoms. The van der Waals surface area contributed by atoms with Crippen LogP contribution in [0.25, 0.3) is 10.8 Å². The van der Waals surface area contributed by atoms with Crippen molar-refractivity contribution in [2.24, 2.45) is 0 Å². The van der Waals surface area contributed by atoms with Crippen LogP contribution in [0, 0.1) is 0 Å². The monoisotopic (exact) mass is 348 g/mol. The van der Waals surface area contributed by atoms with E-state index in [1.54, 1.807) is 31.2 Å². The quantitative estimate of drug-likeness (QED) is 0.610. The van der Waals surface area contributed by atoms with Gasteiger partial charge in [-0.05, 0) is 38.5 Å². The fourth-order valence-corrected chi connectivity index (χ4v) is 3.67. The van der Waals surface area contributed by atoms with E-state index in [1.807, 2.05) is 12.1 Å². The summed E-state index contributed by atoms with van der Waals surface area (Å²) in [5.41, 5.74) is 0.647. The van der Waals surface area contributed by atoms with Crippen LogP contribution in [-0.2, 0) is 13.7 Å². The van der Waals surface area contributed by atoms with E-state index in [9.17, 15) is 14.2 Å². The first kappa shape index (κ1) is 16.8. The molecule has 0 fully saturated rings. The van der Waals surface area contributed by atoms with E-state index >= 15 is 0 Å². The number of rotatable bonds is 5. The third kappa shape index (κ3) is 2.56. The molecule has 3 rings (SSSR count). The van der Waals surface area contributed by atoms with Gasteiger partial charge in [0.05, 0.1) is 17.7 Å². The number of hydrogen-bond acceptors (Lipinski definition) is 5. The van der Waals surface area contributed by atoms with Crippen molar-refractivity contribution >= 4 is 30.3 Å². The lowest BCUT2D eigenvalue weighted by atomic mass is 9.95. The summed E-state index contributed by atoms with van der Waals surface area (Å²) in [5, 5.41) is 1.89. The molecule has 0 bridgehead atoms. The summed E-state index contributed by atoms with van der Waals surface area (Å²) in [6.45, 7) is 1.76. The van der Waals surface area contributed by atoms with Crippen LogP contribution in [0.1, 0.15) is 27.6 Å². The maximum atomic E-state index is 12.8. The van der Waals surface area contributed by atoms with Crippen molar-refractivity contribution in [2.45, 2.75) is 6.92 Å². The van der Waals surface area contributed by atoms with Crippen LogP contribution in [0.5, 0.6) is 0 Å². The van der Waals surface area contributed by atoms with Crippen LogP contribution in [0.4, 0.5) is 0 Å². The van der Waals surface area contributed by atoms with Crippen molar-refractivity contribution < 1.29 is 23.3 Å². The molecule has 126 valence electrons. The first-order valence-electron chi connectivity index (χ1n) is 7.41.